The molecule has 1 unspecified atom stereocenters. The van der Waals surface area contributed by atoms with E-state index in [1.807, 2.05) is 0 Å². The average Bonchev–Trinajstić information content (AvgIpc) is 2.58. The SMILES string of the molecule is NC(=O)C(C=O)c1nc2ccccc2n1O. The highest BCUT2D eigenvalue weighted by Gasteiger charge is 2.24. The molecule has 2 rings (SSSR count). The molecule has 1 heterocycles. The van der Waals surface area contributed by atoms with Gasteiger partial charge in [-0.2, -0.15) is 4.73 Å². The minimum atomic E-state index is -1.24. The molecule has 0 saturated carbocycles. The fourth-order valence-electron chi connectivity index (χ4n) is 1.49. The highest BCUT2D eigenvalue weighted by atomic mass is 16.5. The maximum absolute atomic E-state index is 11.0. The summed E-state index contributed by atoms with van der Waals surface area (Å²) in [6.07, 6.45) is 0.357. The number of aromatic nitrogens is 2. The van der Waals surface area contributed by atoms with Crippen molar-refractivity contribution in [1.29, 1.82) is 0 Å². The Morgan fingerprint density at radius 2 is 2.19 bits per heavy atom. The summed E-state index contributed by atoms with van der Waals surface area (Å²) in [5, 5.41) is 9.73. The van der Waals surface area contributed by atoms with Gasteiger partial charge in [-0.05, 0) is 12.1 Å². The van der Waals surface area contributed by atoms with Crippen LogP contribution in [0.1, 0.15) is 11.7 Å². The zero-order chi connectivity index (χ0) is 11.7. The molecule has 0 aliphatic rings. The van der Waals surface area contributed by atoms with Crippen molar-refractivity contribution < 1.29 is 14.8 Å². The lowest BCUT2D eigenvalue weighted by atomic mass is 10.1. The van der Waals surface area contributed by atoms with Gasteiger partial charge in [-0.25, -0.2) is 4.98 Å². The molecule has 0 fully saturated rings. The number of primary amides is 1. The summed E-state index contributed by atoms with van der Waals surface area (Å²) in [5.41, 5.74) is 5.95. The minimum Gasteiger partial charge on any atom is -0.427 e. The highest BCUT2D eigenvalue weighted by Crippen LogP contribution is 2.19. The van der Waals surface area contributed by atoms with Crippen LogP contribution in [-0.2, 0) is 9.59 Å². The number of aldehydes is 1. The van der Waals surface area contributed by atoms with Crippen molar-refractivity contribution >= 4 is 23.2 Å². The number of hydrogen-bond acceptors (Lipinski definition) is 4. The number of nitrogens with zero attached hydrogens (tertiary/aromatic N) is 2. The third-order valence-electron chi connectivity index (χ3n) is 2.28. The smallest absolute Gasteiger partial charge is 0.235 e. The monoisotopic (exact) mass is 219 g/mol. The van der Waals surface area contributed by atoms with Crippen molar-refractivity contribution in [3.8, 4) is 0 Å². The standard InChI is InChI=1S/C10H9N3O3/c11-9(15)6(5-14)10-12-7-3-1-2-4-8(7)13(10)16/h1-6,16H,(H2,11,15). The fourth-order valence-corrected chi connectivity index (χ4v) is 1.49. The molecule has 0 saturated heterocycles. The van der Waals surface area contributed by atoms with E-state index >= 15 is 0 Å². The predicted molar refractivity (Wildman–Crippen MR) is 54.9 cm³/mol. The number of amides is 1. The quantitative estimate of drug-likeness (QED) is 0.432. The first kappa shape index (κ1) is 10.2. The van der Waals surface area contributed by atoms with Gasteiger partial charge in [0.25, 0.3) is 0 Å². The van der Waals surface area contributed by atoms with Crippen LogP contribution < -0.4 is 5.73 Å². The van der Waals surface area contributed by atoms with Gasteiger partial charge in [0.05, 0.1) is 5.52 Å². The van der Waals surface area contributed by atoms with E-state index < -0.39 is 11.8 Å². The zero-order valence-electron chi connectivity index (χ0n) is 8.20. The van der Waals surface area contributed by atoms with Gasteiger partial charge in [0, 0.05) is 0 Å². The number of nitrogens with two attached hydrogens (primary N) is 1. The van der Waals surface area contributed by atoms with Crippen LogP contribution in [-0.4, -0.2) is 27.1 Å². The average molecular weight is 219 g/mol. The van der Waals surface area contributed by atoms with Gasteiger partial charge in [0.2, 0.25) is 5.91 Å². The Morgan fingerprint density at radius 1 is 1.50 bits per heavy atom. The summed E-state index contributed by atoms with van der Waals surface area (Å²) < 4.78 is 0.708. The van der Waals surface area contributed by atoms with Crippen LogP contribution in [0.25, 0.3) is 11.0 Å². The molecular formula is C10H9N3O3. The first-order valence-electron chi connectivity index (χ1n) is 4.56. The Hall–Kier alpha value is -2.37. The Labute approximate surface area is 90.3 Å². The predicted octanol–water partition coefficient (Wildman–Crippen LogP) is 0.0414. The Morgan fingerprint density at radius 3 is 2.75 bits per heavy atom. The second-order valence-corrected chi connectivity index (χ2v) is 3.29. The van der Waals surface area contributed by atoms with Crippen LogP contribution in [0, 0.1) is 0 Å². The second-order valence-electron chi connectivity index (χ2n) is 3.29. The molecule has 6 heteroatoms. The molecule has 1 aromatic carbocycles. The Balaban J connectivity index is 2.65. The van der Waals surface area contributed by atoms with Gasteiger partial charge in [0.1, 0.15) is 11.8 Å². The number of benzene rings is 1. The molecule has 0 aliphatic heterocycles. The summed E-state index contributed by atoms with van der Waals surface area (Å²) >= 11 is 0. The van der Waals surface area contributed by atoms with Gasteiger partial charge in [-0.3, -0.25) is 4.79 Å². The van der Waals surface area contributed by atoms with Gasteiger partial charge in [0.15, 0.2) is 11.7 Å². The minimum absolute atomic E-state index is 0.0660. The van der Waals surface area contributed by atoms with Crippen molar-refractivity contribution in [2.45, 2.75) is 5.92 Å². The summed E-state index contributed by atoms with van der Waals surface area (Å²) in [6, 6.07) is 6.73. The first-order valence-corrected chi connectivity index (χ1v) is 4.56. The van der Waals surface area contributed by atoms with Crippen LogP contribution in [0.3, 0.4) is 0 Å². The Kier molecular flexibility index (Phi) is 2.32. The van der Waals surface area contributed by atoms with Gasteiger partial charge < -0.3 is 15.7 Å². The lowest BCUT2D eigenvalue weighted by Gasteiger charge is -2.04. The lowest BCUT2D eigenvalue weighted by molar-refractivity contribution is -0.123. The zero-order valence-corrected chi connectivity index (χ0v) is 8.20. The summed E-state index contributed by atoms with van der Waals surface area (Å²) in [6.45, 7) is 0. The third kappa shape index (κ3) is 1.40. The first-order chi connectivity index (χ1) is 7.65. The number of rotatable bonds is 3. The van der Waals surface area contributed by atoms with Crippen molar-refractivity contribution in [2.24, 2.45) is 5.73 Å². The molecule has 0 bridgehead atoms. The fraction of sp³-hybridized carbons (Fsp3) is 0.100. The van der Waals surface area contributed by atoms with Crippen LogP contribution in [0.15, 0.2) is 24.3 Å². The van der Waals surface area contributed by atoms with Crippen molar-refractivity contribution in [2.75, 3.05) is 0 Å². The van der Waals surface area contributed by atoms with Crippen molar-refractivity contribution in [3.63, 3.8) is 0 Å². The molecule has 2 aromatic rings. The molecule has 0 radical (unpaired) electrons. The van der Waals surface area contributed by atoms with Crippen LogP contribution in [0.2, 0.25) is 0 Å². The Bertz CT molecular complexity index is 561. The van der Waals surface area contributed by atoms with E-state index in [4.69, 9.17) is 5.73 Å². The van der Waals surface area contributed by atoms with Gasteiger partial charge in [-0.15, -0.1) is 0 Å². The molecule has 1 atom stereocenters. The van der Waals surface area contributed by atoms with E-state index in [-0.39, 0.29) is 5.82 Å². The molecular weight excluding hydrogens is 210 g/mol. The van der Waals surface area contributed by atoms with Crippen molar-refractivity contribution in [3.05, 3.63) is 30.1 Å². The van der Waals surface area contributed by atoms with Gasteiger partial charge >= 0.3 is 0 Å². The topological polar surface area (TPSA) is 98.2 Å². The number of para-hydroxylation sites is 2. The lowest BCUT2D eigenvalue weighted by Crippen LogP contribution is -2.25. The maximum atomic E-state index is 11.0. The number of fused-ring (bicyclic) bond motifs is 1. The van der Waals surface area contributed by atoms with Crippen molar-refractivity contribution in [1.82, 2.24) is 9.71 Å². The summed E-state index contributed by atoms with van der Waals surface area (Å²) in [7, 11) is 0. The number of imidazole rings is 1. The van der Waals surface area contributed by atoms with Crippen LogP contribution in [0.4, 0.5) is 0 Å². The van der Waals surface area contributed by atoms with Crippen LogP contribution >= 0.6 is 0 Å². The van der Waals surface area contributed by atoms with E-state index in [0.29, 0.717) is 22.0 Å². The molecule has 3 N–H and O–H groups in total. The third-order valence-corrected chi connectivity index (χ3v) is 2.28. The molecule has 0 spiro atoms. The number of hydrogen-bond donors (Lipinski definition) is 2. The maximum Gasteiger partial charge on any atom is 0.235 e. The molecule has 1 aromatic heterocycles. The molecule has 1 amide bonds. The molecule has 82 valence electrons. The molecule has 0 aliphatic carbocycles. The van der Waals surface area contributed by atoms with E-state index in [1.165, 1.54) is 0 Å². The van der Waals surface area contributed by atoms with E-state index in [2.05, 4.69) is 4.98 Å². The highest BCUT2D eigenvalue weighted by molar-refractivity contribution is 5.96. The van der Waals surface area contributed by atoms with E-state index in [0.717, 1.165) is 0 Å². The second kappa shape index (κ2) is 3.65. The largest absolute Gasteiger partial charge is 0.427 e. The van der Waals surface area contributed by atoms with E-state index in [1.54, 1.807) is 24.3 Å². The number of carbonyl (C=O) groups is 2. The van der Waals surface area contributed by atoms with E-state index in [9.17, 15) is 14.8 Å². The van der Waals surface area contributed by atoms with Gasteiger partial charge in [-0.1, -0.05) is 12.1 Å². The van der Waals surface area contributed by atoms with Crippen LogP contribution in [0.5, 0.6) is 0 Å². The normalized spacial score (nSPS) is 12.5. The molecule has 16 heavy (non-hydrogen) atoms. The number of carbonyl (C=O) groups excluding carboxylic acids is 2. The summed E-state index contributed by atoms with van der Waals surface area (Å²) in [5.74, 6) is -2.15. The summed E-state index contributed by atoms with van der Waals surface area (Å²) in [4.78, 5) is 25.7. The molecule has 6 nitrogen and oxygen atoms in total.